The number of hydrogen-bond donors (Lipinski definition) is 1. The fourth-order valence-electron chi connectivity index (χ4n) is 5.69. The normalized spacial score (nSPS) is 19.6. The number of likely N-dealkylation sites (tertiary alicyclic amines) is 1. The van der Waals surface area contributed by atoms with Crippen LogP contribution in [-0.2, 0) is 29.1 Å². The maximum absolute atomic E-state index is 12.5. The van der Waals surface area contributed by atoms with Crippen molar-refractivity contribution in [3.8, 4) is 6.07 Å². The molecule has 1 amide bonds. The lowest BCUT2D eigenvalue weighted by Crippen LogP contribution is -2.44. The maximum Gasteiger partial charge on any atom is 0.237 e. The fraction of sp³-hybridized carbons (Fsp3) is 0.483. The lowest BCUT2D eigenvalue weighted by Gasteiger charge is -2.32. The van der Waals surface area contributed by atoms with Crippen LogP contribution in [0.2, 0.25) is 0 Å². The van der Waals surface area contributed by atoms with Gasteiger partial charge >= 0.3 is 0 Å². The molecular formula is C29H36N4O2. The molecule has 0 saturated carbocycles. The summed E-state index contributed by atoms with van der Waals surface area (Å²) < 4.78 is 0. The molecule has 4 rings (SSSR count). The Labute approximate surface area is 208 Å². The standard InChI is InChI=1S/C29H36N4O2/c1-21-27-10-9-25(18-26(27)20-33(21)28(4-3-17-34)29(35)31-2)24-12-15-32(16-13-24)19-23-7-5-22(6-8-23)11-14-30/h5-10,17-18,21,24,28H,3-4,11-13,15-16,19-20H2,1-2H3,(H,31,35). The van der Waals surface area contributed by atoms with E-state index in [4.69, 9.17) is 5.26 Å². The number of fused-ring (bicyclic) bond motifs is 1. The number of benzene rings is 2. The topological polar surface area (TPSA) is 76.4 Å². The van der Waals surface area contributed by atoms with Gasteiger partial charge in [-0.2, -0.15) is 5.26 Å². The Balaban J connectivity index is 1.37. The predicted octanol–water partition coefficient (Wildman–Crippen LogP) is 4.10. The number of nitrogens with one attached hydrogen (secondary N) is 1. The quantitative estimate of drug-likeness (QED) is 0.556. The molecule has 184 valence electrons. The van der Waals surface area contributed by atoms with Gasteiger partial charge in [0.05, 0.1) is 18.5 Å². The van der Waals surface area contributed by atoms with E-state index in [1.165, 1.54) is 22.3 Å². The first-order valence-corrected chi connectivity index (χ1v) is 12.7. The van der Waals surface area contributed by atoms with E-state index in [0.717, 1.165) is 50.9 Å². The van der Waals surface area contributed by atoms with E-state index in [-0.39, 0.29) is 18.0 Å². The van der Waals surface area contributed by atoms with E-state index < -0.39 is 0 Å². The highest BCUT2D eigenvalue weighted by Gasteiger charge is 2.35. The van der Waals surface area contributed by atoms with Crippen molar-refractivity contribution in [2.45, 2.75) is 70.1 Å². The molecule has 0 radical (unpaired) electrons. The van der Waals surface area contributed by atoms with Crippen molar-refractivity contribution in [3.63, 3.8) is 0 Å². The van der Waals surface area contributed by atoms with Gasteiger partial charge < -0.3 is 10.1 Å². The first-order chi connectivity index (χ1) is 17.0. The molecule has 35 heavy (non-hydrogen) atoms. The summed E-state index contributed by atoms with van der Waals surface area (Å²) in [5.41, 5.74) is 6.39. The van der Waals surface area contributed by atoms with Gasteiger partial charge in [0.1, 0.15) is 6.29 Å². The van der Waals surface area contributed by atoms with Crippen LogP contribution < -0.4 is 5.32 Å². The second-order valence-corrected chi connectivity index (χ2v) is 9.88. The Morgan fingerprint density at radius 2 is 1.89 bits per heavy atom. The molecule has 6 nitrogen and oxygen atoms in total. The molecule has 2 aliphatic heterocycles. The van der Waals surface area contributed by atoms with Crippen molar-refractivity contribution in [3.05, 3.63) is 70.3 Å². The molecule has 2 aromatic carbocycles. The molecule has 0 spiro atoms. The molecule has 2 aliphatic rings. The SMILES string of the molecule is CNC(=O)C(CCC=O)N1Cc2cc(C3CCN(Cc4ccc(CC#N)cc4)CC3)ccc2C1C. The van der Waals surface area contributed by atoms with Gasteiger partial charge in [0.15, 0.2) is 0 Å². The van der Waals surface area contributed by atoms with Gasteiger partial charge in [-0.15, -0.1) is 0 Å². The Hall–Kier alpha value is -3.01. The van der Waals surface area contributed by atoms with Crippen LogP contribution in [0, 0.1) is 11.3 Å². The molecule has 2 heterocycles. The summed E-state index contributed by atoms with van der Waals surface area (Å²) in [5, 5.41) is 11.6. The summed E-state index contributed by atoms with van der Waals surface area (Å²) in [6, 6.07) is 17.4. The first-order valence-electron chi connectivity index (χ1n) is 12.7. The summed E-state index contributed by atoms with van der Waals surface area (Å²) in [6.45, 7) is 6.02. The number of carbonyl (C=O) groups is 2. The smallest absolute Gasteiger partial charge is 0.237 e. The fourth-order valence-corrected chi connectivity index (χ4v) is 5.69. The van der Waals surface area contributed by atoms with E-state index in [2.05, 4.69) is 70.6 Å². The van der Waals surface area contributed by atoms with Gasteiger partial charge in [0.25, 0.3) is 0 Å². The number of piperidine rings is 1. The zero-order chi connectivity index (χ0) is 24.8. The molecule has 6 heteroatoms. The van der Waals surface area contributed by atoms with E-state index in [0.29, 0.717) is 25.2 Å². The zero-order valence-electron chi connectivity index (χ0n) is 20.9. The highest BCUT2D eigenvalue weighted by atomic mass is 16.2. The van der Waals surface area contributed by atoms with Crippen molar-refractivity contribution >= 4 is 12.2 Å². The van der Waals surface area contributed by atoms with Crippen molar-refractivity contribution in [2.75, 3.05) is 20.1 Å². The molecule has 0 aromatic heterocycles. The number of amides is 1. The van der Waals surface area contributed by atoms with Gasteiger partial charge in [-0.05, 0) is 73.0 Å². The van der Waals surface area contributed by atoms with Gasteiger partial charge in [-0.1, -0.05) is 42.5 Å². The van der Waals surface area contributed by atoms with Crippen LogP contribution in [0.25, 0.3) is 0 Å². The van der Waals surface area contributed by atoms with Crippen LogP contribution in [0.15, 0.2) is 42.5 Å². The van der Waals surface area contributed by atoms with Gasteiger partial charge in [0.2, 0.25) is 5.91 Å². The van der Waals surface area contributed by atoms with Gasteiger partial charge in [-0.25, -0.2) is 0 Å². The average molecular weight is 473 g/mol. The van der Waals surface area contributed by atoms with Crippen LogP contribution in [0.4, 0.5) is 0 Å². The molecule has 1 saturated heterocycles. The van der Waals surface area contributed by atoms with Crippen molar-refractivity contribution in [2.24, 2.45) is 0 Å². The van der Waals surface area contributed by atoms with E-state index in [9.17, 15) is 9.59 Å². The van der Waals surface area contributed by atoms with Crippen molar-refractivity contribution in [1.29, 1.82) is 5.26 Å². The van der Waals surface area contributed by atoms with Crippen LogP contribution in [0.1, 0.15) is 72.4 Å². The Morgan fingerprint density at radius 3 is 2.54 bits per heavy atom. The van der Waals surface area contributed by atoms with Crippen molar-refractivity contribution in [1.82, 2.24) is 15.1 Å². The van der Waals surface area contributed by atoms with Crippen LogP contribution in [-0.4, -0.2) is 48.2 Å². The molecule has 1 fully saturated rings. The summed E-state index contributed by atoms with van der Waals surface area (Å²) >= 11 is 0. The molecule has 0 bridgehead atoms. The molecule has 2 unspecified atom stereocenters. The number of likely N-dealkylation sites (N-methyl/N-ethyl adjacent to an activating group) is 1. The van der Waals surface area contributed by atoms with Crippen LogP contribution in [0.5, 0.6) is 0 Å². The third kappa shape index (κ3) is 5.80. The second-order valence-electron chi connectivity index (χ2n) is 9.88. The summed E-state index contributed by atoms with van der Waals surface area (Å²) in [6.07, 6.45) is 4.60. The minimum absolute atomic E-state index is 0.0150. The van der Waals surface area contributed by atoms with Crippen molar-refractivity contribution < 1.29 is 9.59 Å². The molecular weight excluding hydrogens is 436 g/mol. The van der Waals surface area contributed by atoms with Crippen LogP contribution >= 0.6 is 0 Å². The lowest BCUT2D eigenvalue weighted by molar-refractivity contribution is -0.127. The van der Waals surface area contributed by atoms with E-state index in [1.54, 1.807) is 7.05 Å². The molecule has 2 atom stereocenters. The predicted molar refractivity (Wildman–Crippen MR) is 137 cm³/mol. The number of hydrogen-bond acceptors (Lipinski definition) is 5. The number of aldehydes is 1. The van der Waals surface area contributed by atoms with Gasteiger partial charge in [0, 0.05) is 32.6 Å². The number of carbonyl (C=O) groups excluding carboxylic acids is 2. The zero-order valence-corrected chi connectivity index (χ0v) is 20.9. The Bertz CT molecular complexity index is 1070. The first kappa shape index (κ1) is 25.1. The third-order valence-electron chi connectivity index (χ3n) is 7.75. The minimum Gasteiger partial charge on any atom is -0.358 e. The largest absolute Gasteiger partial charge is 0.358 e. The average Bonchev–Trinajstić information content (AvgIpc) is 3.21. The summed E-state index contributed by atoms with van der Waals surface area (Å²) in [5.74, 6) is 0.544. The molecule has 1 N–H and O–H groups in total. The lowest BCUT2D eigenvalue weighted by atomic mass is 9.87. The number of rotatable bonds is 9. The highest BCUT2D eigenvalue weighted by Crippen LogP contribution is 2.39. The minimum atomic E-state index is -0.284. The summed E-state index contributed by atoms with van der Waals surface area (Å²) in [7, 11) is 1.67. The van der Waals surface area contributed by atoms with E-state index >= 15 is 0 Å². The number of nitrogens with zero attached hydrogens (tertiary/aromatic N) is 3. The molecule has 2 aromatic rings. The Kier molecular flexibility index (Phi) is 8.33. The van der Waals surface area contributed by atoms with Crippen LogP contribution in [0.3, 0.4) is 0 Å². The number of nitriles is 1. The van der Waals surface area contributed by atoms with Gasteiger partial charge in [-0.3, -0.25) is 14.6 Å². The highest BCUT2D eigenvalue weighted by molar-refractivity contribution is 5.82. The molecule has 0 aliphatic carbocycles. The maximum atomic E-state index is 12.5. The third-order valence-corrected chi connectivity index (χ3v) is 7.75. The summed E-state index contributed by atoms with van der Waals surface area (Å²) in [4.78, 5) is 28.2. The monoisotopic (exact) mass is 472 g/mol. The van der Waals surface area contributed by atoms with E-state index in [1.807, 2.05) is 0 Å². The Morgan fingerprint density at radius 1 is 1.17 bits per heavy atom. The second kappa shape index (κ2) is 11.6.